The Labute approximate surface area is 261 Å². The number of aryl methyl sites for hydroxylation is 1. The summed E-state index contributed by atoms with van der Waals surface area (Å²) in [5.74, 6) is -3.07. The van der Waals surface area contributed by atoms with E-state index in [9.17, 15) is 44.4 Å². The Bertz CT molecular complexity index is 1310. The van der Waals surface area contributed by atoms with Crippen LogP contribution < -0.4 is 15.4 Å². The SMILES string of the molecule is CCc1ccc(O[C@@H]2O[C@H](C(=O)O)[C@@H](O)[C@H](O)[C@H]2O)c(NC(=O)CCNC(=O)C(C)(CC)CC(C)(C)CN2C(=O)C=CC2=O)c1. The number of hydrogen-bond acceptors (Lipinski definition) is 10. The van der Waals surface area contributed by atoms with Crippen LogP contribution in [0.15, 0.2) is 30.4 Å². The van der Waals surface area contributed by atoms with E-state index in [-0.39, 0.29) is 48.7 Å². The van der Waals surface area contributed by atoms with Gasteiger partial charge in [0, 0.05) is 37.1 Å². The van der Waals surface area contributed by atoms with Gasteiger partial charge in [0.05, 0.1) is 5.69 Å². The molecule has 0 aromatic heterocycles. The van der Waals surface area contributed by atoms with Gasteiger partial charge in [-0.15, -0.1) is 0 Å². The molecule has 2 aliphatic rings. The van der Waals surface area contributed by atoms with Crippen molar-refractivity contribution in [1.82, 2.24) is 10.2 Å². The lowest BCUT2D eigenvalue weighted by atomic mass is 9.71. The van der Waals surface area contributed by atoms with Gasteiger partial charge in [0.1, 0.15) is 24.1 Å². The number of carboxylic acid groups (broad SMARTS) is 1. The van der Waals surface area contributed by atoms with Crippen LogP contribution in [0.4, 0.5) is 5.69 Å². The number of carboxylic acids is 1. The van der Waals surface area contributed by atoms with Crippen molar-refractivity contribution in [3.63, 3.8) is 0 Å². The minimum atomic E-state index is -1.88. The van der Waals surface area contributed by atoms with Crippen LogP contribution in [0, 0.1) is 10.8 Å². The molecule has 1 fully saturated rings. The Hall–Kier alpha value is -3.85. The van der Waals surface area contributed by atoms with Crippen LogP contribution in [0.2, 0.25) is 0 Å². The van der Waals surface area contributed by atoms with E-state index >= 15 is 0 Å². The molecule has 0 saturated carbocycles. The molecule has 14 heteroatoms. The molecule has 1 aromatic rings. The number of aliphatic carboxylic acids is 1. The molecular weight excluding hydrogens is 590 g/mol. The number of nitrogens with zero attached hydrogens (tertiary/aromatic N) is 1. The molecular formula is C31H43N3O11. The molecule has 2 heterocycles. The summed E-state index contributed by atoms with van der Waals surface area (Å²) in [6.45, 7) is 9.48. The van der Waals surface area contributed by atoms with Gasteiger partial charge >= 0.3 is 5.97 Å². The smallest absolute Gasteiger partial charge is 0.335 e. The second-order valence-electron chi connectivity index (χ2n) is 12.4. The van der Waals surface area contributed by atoms with E-state index in [0.29, 0.717) is 19.3 Å². The van der Waals surface area contributed by atoms with Crippen molar-refractivity contribution in [3.8, 4) is 5.75 Å². The van der Waals surface area contributed by atoms with Gasteiger partial charge in [-0.3, -0.25) is 24.1 Å². The zero-order chi connectivity index (χ0) is 33.7. The van der Waals surface area contributed by atoms with Crippen molar-refractivity contribution in [3.05, 3.63) is 35.9 Å². The van der Waals surface area contributed by atoms with Gasteiger partial charge in [0.15, 0.2) is 6.10 Å². The Morgan fingerprint density at radius 1 is 1.00 bits per heavy atom. The lowest BCUT2D eigenvalue weighted by molar-refractivity contribution is -0.271. The predicted octanol–water partition coefficient (Wildman–Crippen LogP) is 0.722. The molecule has 14 nitrogen and oxygen atoms in total. The van der Waals surface area contributed by atoms with E-state index in [1.54, 1.807) is 19.1 Å². The number of carbonyl (C=O) groups excluding carboxylic acids is 4. The number of aliphatic hydroxyl groups is 3. The molecule has 248 valence electrons. The summed E-state index contributed by atoms with van der Waals surface area (Å²) in [5.41, 5.74) is -0.396. The number of ether oxygens (including phenoxy) is 2. The van der Waals surface area contributed by atoms with E-state index in [1.165, 1.54) is 18.2 Å². The van der Waals surface area contributed by atoms with Crippen LogP contribution in [0.3, 0.4) is 0 Å². The fraction of sp³-hybridized carbons (Fsp3) is 0.581. The number of aliphatic hydroxyl groups excluding tert-OH is 3. The Morgan fingerprint density at radius 3 is 2.22 bits per heavy atom. The van der Waals surface area contributed by atoms with Gasteiger partial charge < -0.3 is 40.5 Å². The van der Waals surface area contributed by atoms with Crippen LogP contribution in [-0.4, -0.2) is 98.7 Å². The third-order valence-electron chi connectivity index (χ3n) is 8.10. The van der Waals surface area contributed by atoms with Gasteiger partial charge in [0.25, 0.3) is 11.8 Å². The zero-order valence-corrected chi connectivity index (χ0v) is 26.1. The van der Waals surface area contributed by atoms with Crippen molar-refractivity contribution >= 4 is 35.3 Å². The monoisotopic (exact) mass is 633 g/mol. The largest absolute Gasteiger partial charge is 0.479 e. The summed E-state index contributed by atoms with van der Waals surface area (Å²) >= 11 is 0. The first kappa shape index (κ1) is 35.6. The molecule has 1 aromatic carbocycles. The lowest BCUT2D eigenvalue weighted by Gasteiger charge is -2.38. The predicted molar refractivity (Wildman–Crippen MR) is 160 cm³/mol. The maximum Gasteiger partial charge on any atom is 0.335 e. The van der Waals surface area contributed by atoms with E-state index < -0.39 is 53.4 Å². The normalized spacial score (nSPS) is 24.7. The first-order valence-corrected chi connectivity index (χ1v) is 14.9. The molecule has 45 heavy (non-hydrogen) atoms. The van der Waals surface area contributed by atoms with Crippen LogP contribution in [0.1, 0.15) is 59.4 Å². The van der Waals surface area contributed by atoms with Crippen molar-refractivity contribution in [1.29, 1.82) is 0 Å². The van der Waals surface area contributed by atoms with Gasteiger partial charge in [-0.05, 0) is 42.4 Å². The van der Waals surface area contributed by atoms with E-state index in [4.69, 9.17) is 9.47 Å². The Kier molecular flexibility index (Phi) is 11.5. The summed E-state index contributed by atoms with van der Waals surface area (Å²) < 4.78 is 10.9. The summed E-state index contributed by atoms with van der Waals surface area (Å²) in [6.07, 6.45) is -5.26. The number of hydrogen-bond donors (Lipinski definition) is 6. The third-order valence-corrected chi connectivity index (χ3v) is 8.10. The Morgan fingerprint density at radius 2 is 1.64 bits per heavy atom. The summed E-state index contributed by atoms with van der Waals surface area (Å²) in [5, 5.41) is 45.2. The average Bonchev–Trinajstić information content (AvgIpc) is 3.28. The second-order valence-corrected chi connectivity index (χ2v) is 12.4. The first-order chi connectivity index (χ1) is 21.0. The van der Waals surface area contributed by atoms with Crippen molar-refractivity contribution in [2.75, 3.05) is 18.4 Å². The van der Waals surface area contributed by atoms with Crippen LogP contribution in [0.25, 0.3) is 0 Å². The maximum absolute atomic E-state index is 13.3. The van der Waals surface area contributed by atoms with Crippen molar-refractivity contribution in [2.45, 2.75) is 91.0 Å². The molecule has 1 unspecified atom stereocenters. The molecule has 3 rings (SSSR count). The summed E-state index contributed by atoms with van der Waals surface area (Å²) in [7, 11) is 0. The molecule has 0 radical (unpaired) electrons. The van der Waals surface area contributed by atoms with Gasteiger partial charge in [0.2, 0.25) is 18.1 Å². The number of rotatable bonds is 14. The number of imide groups is 1. The minimum Gasteiger partial charge on any atom is -0.479 e. The second kappa shape index (κ2) is 14.5. The molecule has 0 aliphatic carbocycles. The van der Waals surface area contributed by atoms with Crippen LogP contribution >= 0.6 is 0 Å². The van der Waals surface area contributed by atoms with E-state index in [1.807, 2.05) is 27.7 Å². The minimum absolute atomic E-state index is 0.00613. The van der Waals surface area contributed by atoms with Gasteiger partial charge in [-0.1, -0.05) is 40.7 Å². The standard InChI is InChI=1S/C31H43N3O11/c1-6-17-8-9-19(44-28-25(40)23(38)24(39)26(45-28)27(41)42)18(14-17)33-20(35)12-13-32-29(43)31(5,7-2)15-30(3,4)16-34-21(36)10-11-22(34)37/h8-11,14,23-26,28,38-40H,6-7,12-13,15-16H2,1-5H3,(H,32,43)(H,33,35)(H,41,42)/t23-,24-,25+,26-,28+,31?/m0/s1. The lowest BCUT2D eigenvalue weighted by Crippen LogP contribution is -2.61. The summed E-state index contributed by atoms with van der Waals surface area (Å²) in [6, 6.07) is 4.81. The highest BCUT2D eigenvalue weighted by Crippen LogP contribution is 2.38. The third kappa shape index (κ3) is 8.66. The van der Waals surface area contributed by atoms with Gasteiger partial charge in [-0.25, -0.2) is 4.79 Å². The van der Waals surface area contributed by atoms with Crippen LogP contribution in [0.5, 0.6) is 5.75 Å². The van der Waals surface area contributed by atoms with E-state index in [0.717, 1.165) is 10.5 Å². The molecule has 4 amide bonds. The number of nitrogens with one attached hydrogen (secondary N) is 2. The number of carbonyl (C=O) groups is 5. The highest BCUT2D eigenvalue weighted by Gasteiger charge is 2.48. The number of benzene rings is 1. The van der Waals surface area contributed by atoms with Crippen LogP contribution in [-0.2, 0) is 35.1 Å². The topological polar surface area (TPSA) is 212 Å². The fourth-order valence-corrected chi connectivity index (χ4v) is 5.48. The van der Waals surface area contributed by atoms with Crippen molar-refractivity contribution < 1.29 is 53.9 Å². The molecule has 0 bridgehead atoms. The van der Waals surface area contributed by atoms with Crippen molar-refractivity contribution in [2.24, 2.45) is 10.8 Å². The molecule has 6 N–H and O–H groups in total. The summed E-state index contributed by atoms with van der Waals surface area (Å²) in [4.78, 5) is 62.8. The highest BCUT2D eigenvalue weighted by molar-refractivity contribution is 6.12. The highest BCUT2D eigenvalue weighted by atomic mass is 16.7. The molecule has 1 saturated heterocycles. The van der Waals surface area contributed by atoms with E-state index in [2.05, 4.69) is 10.6 Å². The average molecular weight is 634 g/mol. The number of anilines is 1. The quantitative estimate of drug-likeness (QED) is 0.157. The number of amides is 4. The molecule has 6 atom stereocenters. The molecule has 0 spiro atoms. The Balaban J connectivity index is 1.62. The zero-order valence-electron chi connectivity index (χ0n) is 26.1. The maximum atomic E-state index is 13.3. The fourth-order valence-electron chi connectivity index (χ4n) is 5.48. The molecule has 2 aliphatic heterocycles. The first-order valence-electron chi connectivity index (χ1n) is 14.9. The van der Waals surface area contributed by atoms with Gasteiger partial charge in [-0.2, -0.15) is 0 Å².